The summed E-state index contributed by atoms with van der Waals surface area (Å²) in [6.07, 6.45) is 2.78. The van der Waals surface area contributed by atoms with Gasteiger partial charge >= 0.3 is 0 Å². The van der Waals surface area contributed by atoms with Gasteiger partial charge in [0.2, 0.25) is 0 Å². The highest BCUT2D eigenvalue weighted by Gasteiger charge is 2.05. The van der Waals surface area contributed by atoms with Crippen molar-refractivity contribution in [2.75, 3.05) is 64.1 Å². The van der Waals surface area contributed by atoms with Gasteiger partial charge in [-0.1, -0.05) is 0 Å². The van der Waals surface area contributed by atoms with Crippen LogP contribution in [0.25, 0.3) is 0 Å². The van der Waals surface area contributed by atoms with Crippen molar-refractivity contribution in [3.8, 4) is 0 Å². The third-order valence-electron chi connectivity index (χ3n) is 2.72. The highest BCUT2D eigenvalue weighted by Crippen LogP contribution is 2.16. The Bertz CT molecular complexity index is 385. The minimum absolute atomic E-state index is 0.585. The molecular weight excluding hydrogens is 240 g/mol. The SMILES string of the molecule is C[N+](C)(C)CCCNCCNc1ncc(N)cc1N. The average molecular weight is 267 g/mol. The first-order valence-corrected chi connectivity index (χ1v) is 6.64. The van der Waals surface area contributed by atoms with Crippen molar-refractivity contribution in [2.24, 2.45) is 0 Å². The average Bonchev–Trinajstić information content (AvgIpc) is 2.29. The minimum atomic E-state index is 0.585. The topological polar surface area (TPSA) is 89.0 Å². The summed E-state index contributed by atoms with van der Waals surface area (Å²) < 4.78 is 1.01. The van der Waals surface area contributed by atoms with Crippen LogP contribution in [0, 0.1) is 0 Å². The number of rotatable bonds is 8. The lowest BCUT2D eigenvalue weighted by molar-refractivity contribution is -0.870. The number of pyridine rings is 1. The van der Waals surface area contributed by atoms with Gasteiger partial charge in [0.05, 0.1) is 45.3 Å². The van der Waals surface area contributed by atoms with Gasteiger partial charge in [-0.3, -0.25) is 0 Å². The number of quaternary nitrogens is 1. The summed E-state index contributed by atoms with van der Waals surface area (Å²) in [6, 6.07) is 1.71. The van der Waals surface area contributed by atoms with E-state index in [1.54, 1.807) is 12.3 Å². The number of aromatic nitrogens is 1. The van der Waals surface area contributed by atoms with Gasteiger partial charge in [0.25, 0.3) is 0 Å². The van der Waals surface area contributed by atoms with Crippen molar-refractivity contribution in [1.29, 1.82) is 0 Å². The fourth-order valence-electron chi connectivity index (χ4n) is 1.72. The highest BCUT2D eigenvalue weighted by atomic mass is 15.3. The molecule has 6 N–H and O–H groups in total. The molecule has 0 aliphatic carbocycles. The zero-order valence-corrected chi connectivity index (χ0v) is 12.2. The van der Waals surface area contributed by atoms with Crippen LogP contribution in [0.4, 0.5) is 17.2 Å². The van der Waals surface area contributed by atoms with Crippen LogP contribution in [0.5, 0.6) is 0 Å². The van der Waals surface area contributed by atoms with Crippen molar-refractivity contribution in [1.82, 2.24) is 10.3 Å². The molecular formula is C13H27N6+. The monoisotopic (exact) mass is 267 g/mol. The second kappa shape index (κ2) is 7.16. The lowest BCUT2D eigenvalue weighted by atomic mass is 10.3. The van der Waals surface area contributed by atoms with Crippen LogP contribution < -0.4 is 22.1 Å². The van der Waals surface area contributed by atoms with Crippen molar-refractivity contribution in [3.63, 3.8) is 0 Å². The molecule has 0 radical (unpaired) electrons. The van der Waals surface area contributed by atoms with Crippen LogP contribution >= 0.6 is 0 Å². The summed E-state index contributed by atoms with van der Waals surface area (Å²) in [4.78, 5) is 4.15. The number of nitrogens with one attached hydrogen (secondary N) is 2. The maximum absolute atomic E-state index is 5.80. The second-order valence-corrected chi connectivity index (χ2v) is 5.75. The third kappa shape index (κ3) is 6.83. The second-order valence-electron chi connectivity index (χ2n) is 5.75. The van der Waals surface area contributed by atoms with E-state index in [-0.39, 0.29) is 0 Å². The largest absolute Gasteiger partial charge is 0.397 e. The number of hydrogen-bond donors (Lipinski definition) is 4. The molecule has 0 amide bonds. The molecule has 1 rings (SSSR count). The Kier molecular flexibility index (Phi) is 5.85. The number of nitrogens with two attached hydrogens (primary N) is 2. The summed E-state index contributed by atoms with van der Waals surface area (Å²) in [5.74, 6) is 0.697. The Morgan fingerprint density at radius 1 is 1.16 bits per heavy atom. The van der Waals surface area contributed by atoms with Gasteiger partial charge in [-0.25, -0.2) is 4.98 Å². The summed E-state index contributed by atoms with van der Waals surface area (Å²) >= 11 is 0. The van der Waals surface area contributed by atoms with E-state index in [9.17, 15) is 0 Å². The van der Waals surface area contributed by atoms with Crippen molar-refractivity contribution >= 4 is 17.2 Å². The smallest absolute Gasteiger partial charge is 0.149 e. The fraction of sp³-hybridized carbons (Fsp3) is 0.615. The van der Waals surface area contributed by atoms with Gasteiger partial charge in [-0.15, -0.1) is 0 Å². The molecule has 1 heterocycles. The molecule has 108 valence electrons. The molecule has 0 saturated carbocycles. The van der Waals surface area contributed by atoms with E-state index in [0.717, 1.165) is 24.1 Å². The number of nitrogens with zero attached hydrogens (tertiary/aromatic N) is 2. The Morgan fingerprint density at radius 3 is 2.53 bits per heavy atom. The maximum atomic E-state index is 5.80. The van der Waals surface area contributed by atoms with Gasteiger partial charge in [-0.05, 0) is 6.07 Å². The minimum Gasteiger partial charge on any atom is -0.397 e. The van der Waals surface area contributed by atoms with E-state index in [1.165, 1.54) is 13.0 Å². The van der Waals surface area contributed by atoms with E-state index in [4.69, 9.17) is 11.5 Å². The number of nitrogen functional groups attached to an aromatic ring is 2. The summed E-state index contributed by atoms with van der Waals surface area (Å²) in [6.45, 7) is 3.89. The zero-order chi connectivity index (χ0) is 14.3. The predicted molar refractivity (Wildman–Crippen MR) is 81.9 cm³/mol. The Morgan fingerprint density at radius 2 is 1.89 bits per heavy atom. The zero-order valence-electron chi connectivity index (χ0n) is 12.2. The predicted octanol–water partition coefficient (Wildman–Crippen LogP) is 0.344. The summed E-state index contributed by atoms with van der Waals surface area (Å²) in [5, 5.41) is 6.58. The first-order chi connectivity index (χ1) is 8.88. The summed E-state index contributed by atoms with van der Waals surface area (Å²) in [5.41, 5.74) is 12.6. The molecule has 6 nitrogen and oxygen atoms in total. The number of anilines is 3. The molecule has 0 atom stereocenters. The first-order valence-electron chi connectivity index (χ1n) is 6.64. The molecule has 0 aromatic carbocycles. The quantitative estimate of drug-likeness (QED) is 0.403. The van der Waals surface area contributed by atoms with Gasteiger partial charge in [0.1, 0.15) is 5.82 Å². The molecule has 19 heavy (non-hydrogen) atoms. The van der Waals surface area contributed by atoms with Crippen LogP contribution in [-0.4, -0.2) is 56.8 Å². The number of hydrogen-bond acceptors (Lipinski definition) is 5. The Labute approximate surface area is 115 Å². The fourth-order valence-corrected chi connectivity index (χ4v) is 1.72. The van der Waals surface area contributed by atoms with Crippen LogP contribution in [-0.2, 0) is 0 Å². The van der Waals surface area contributed by atoms with Crippen molar-refractivity contribution < 1.29 is 4.48 Å². The first kappa shape index (κ1) is 15.5. The molecule has 0 spiro atoms. The van der Waals surface area contributed by atoms with E-state index < -0.39 is 0 Å². The molecule has 1 aromatic rings. The van der Waals surface area contributed by atoms with Crippen molar-refractivity contribution in [2.45, 2.75) is 6.42 Å². The van der Waals surface area contributed by atoms with Crippen LogP contribution in [0.3, 0.4) is 0 Å². The maximum Gasteiger partial charge on any atom is 0.149 e. The lowest BCUT2D eigenvalue weighted by Gasteiger charge is -2.23. The van der Waals surface area contributed by atoms with E-state index >= 15 is 0 Å². The molecule has 0 saturated heterocycles. The lowest BCUT2D eigenvalue weighted by Crippen LogP contribution is -2.37. The molecule has 0 aliphatic heterocycles. The van der Waals surface area contributed by atoms with E-state index in [2.05, 4.69) is 36.8 Å². The van der Waals surface area contributed by atoms with Crippen LogP contribution in [0.2, 0.25) is 0 Å². The molecule has 0 aliphatic rings. The van der Waals surface area contributed by atoms with Gasteiger partial charge in [-0.2, -0.15) is 0 Å². The van der Waals surface area contributed by atoms with Gasteiger partial charge in [0.15, 0.2) is 0 Å². The summed E-state index contributed by atoms with van der Waals surface area (Å²) in [7, 11) is 6.62. The molecule has 1 aromatic heterocycles. The molecule has 6 heteroatoms. The van der Waals surface area contributed by atoms with E-state index in [0.29, 0.717) is 17.2 Å². The van der Waals surface area contributed by atoms with E-state index in [1.807, 2.05) is 0 Å². The van der Waals surface area contributed by atoms with Crippen molar-refractivity contribution in [3.05, 3.63) is 12.3 Å². The highest BCUT2D eigenvalue weighted by molar-refractivity contribution is 5.65. The standard InChI is InChI=1S/C13H27N6/c1-19(2,3)8-4-5-16-6-7-17-13-12(15)9-11(14)10-18-13/h9-10,16H,4-8,14-15H2,1-3H3,(H,17,18)/q+1. The molecule has 0 unspecified atom stereocenters. The van der Waals surface area contributed by atoms with Gasteiger partial charge in [0, 0.05) is 26.1 Å². The van der Waals surface area contributed by atoms with Gasteiger partial charge < -0.3 is 26.6 Å². The normalized spacial score (nSPS) is 11.5. The molecule has 0 fully saturated rings. The Balaban J connectivity index is 2.11. The van der Waals surface area contributed by atoms with Crippen LogP contribution in [0.15, 0.2) is 12.3 Å². The van der Waals surface area contributed by atoms with Crippen LogP contribution in [0.1, 0.15) is 6.42 Å². The molecule has 0 bridgehead atoms. The Hall–Kier alpha value is -1.53. The third-order valence-corrected chi connectivity index (χ3v) is 2.72.